The highest BCUT2D eigenvalue weighted by Crippen LogP contribution is 2.28. The van der Waals surface area contributed by atoms with Crippen LogP contribution in [0.3, 0.4) is 0 Å². The van der Waals surface area contributed by atoms with Crippen molar-refractivity contribution in [1.82, 2.24) is 4.89 Å². The lowest BCUT2D eigenvalue weighted by atomic mass is 10.9. The highest BCUT2D eigenvalue weighted by molar-refractivity contribution is 7.95. The van der Waals surface area contributed by atoms with E-state index >= 15 is 0 Å². The van der Waals surface area contributed by atoms with E-state index < -0.39 is 32.6 Å². The summed E-state index contributed by atoms with van der Waals surface area (Å²) in [7, 11) is -5.10. The fourth-order valence-electron chi connectivity index (χ4n) is 0.209. The molecule has 92 valence electrons. The van der Waals surface area contributed by atoms with Crippen molar-refractivity contribution in [3.8, 4) is 0 Å². The summed E-state index contributed by atoms with van der Waals surface area (Å²) in [6.45, 7) is 0.518. The summed E-state index contributed by atoms with van der Waals surface area (Å²) >= 11 is -0.543. The molecule has 0 fully saturated rings. The molecule has 5 nitrogen and oxygen atoms in total. The first-order chi connectivity index (χ1) is 6.46. The average Bonchev–Trinajstić information content (AvgIpc) is 1.94. The Labute approximate surface area is 87.2 Å². The van der Waals surface area contributed by atoms with Gasteiger partial charge in [0.05, 0.1) is 0 Å². The molecule has 11 heteroatoms. The number of nitrogens with one attached hydrogen (secondary N) is 1. The molecule has 0 heterocycles. The van der Waals surface area contributed by atoms with Crippen LogP contribution in [0.4, 0.5) is 17.6 Å². The number of alkyl halides is 4. The summed E-state index contributed by atoms with van der Waals surface area (Å²) in [5.41, 5.74) is 0. The van der Waals surface area contributed by atoms with Crippen molar-refractivity contribution >= 4 is 22.1 Å². The van der Waals surface area contributed by atoms with Gasteiger partial charge in [-0.2, -0.15) is 17.6 Å². The zero-order chi connectivity index (χ0) is 12.3. The predicted octanol–water partition coefficient (Wildman–Crippen LogP) is 1.64. The molecule has 0 saturated heterocycles. The van der Waals surface area contributed by atoms with Crippen molar-refractivity contribution in [3.05, 3.63) is 0 Å². The van der Waals surface area contributed by atoms with E-state index in [-0.39, 0.29) is 6.92 Å². The van der Waals surface area contributed by atoms with Gasteiger partial charge in [-0.15, -0.1) is 9.32 Å². The summed E-state index contributed by atoms with van der Waals surface area (Å²) in [5.74, 6) is 0. The minimum Gasteiger partial charge on any atom is -0.204 e. The fraction of sp³-hybridized carbons (Fsp3) is 1.00. The molecule has 1 N–H and O–H groups in total. The van der Waals surface area contributed by atoms with Gasteiger partial charge in [-0.05, 0) is 0 Å². The first-order valence-electron chi connectivity index (χ1n) is 3.24. The van der Waals surface area contributed by atoms with Gasteiger partial charge in [0, 0.05) is 13.8 Å². The van der Waals surface area contributed by atoms with Crippen molar-refractivity contribution in [2.75, 3.05) is 0 Å². The SMILES string of the molecule is CC(F)(F)SOONS(=O)(=O)C(C)(F)F. The molecular formula is C4H7F4NO4S2. The topological polar surface area (TPSA) is 64.6 Å². The molecule has 0 unspecified atom stereocenters. The molecule has 0 aliphatic heterocycles. The molecule has 0 aromatic rings. The van der Waals surface area contributed by atoms with E-state index in [1.807, 2.05) is 0 Å². The molecule has 0 radical (unpaired) electrons. The third kappa shape index (κ3) is 6.14. The number of hydrogen-bond acceptors (Lipinski definition) is 5. The Balaban J connectivity index is 3.99. The molecule has 15 heavy (non-hydrogen) atoms. The largest absolute Gasteiger partial charge is 0.358 e. The maximum Gasteiger partial charge on any atom is 0.358 e. The van der Waals surface area contributed by atoms with E-state index in [1.165, 1.54) is 0 Å². The van der Waals surface area contributed by atoms with E-state index in [1.54, 1.807) is 0 Å². The van der Waals surface area contributed by atoms with Crippen LogP contribution in [-0.4, -0.2) is 18.9 Å². The Kier molecular flexibility index (Phi) is 4.79. The number of halogens is 4. The number of sulfonamides is 1. The smallest absolute Gasteiger partial charge is 0.204 e. The van der Waals surface area contributed by atoms with Gasteiger partial charge in [-0.25, -0.2) is 8.42 Å². The van der Waals surface area contributed by atoms with Gasteiger partial charge < -0.3 is 0 Å². The Morgan fingerprint density at radius 1 is 1.20 bits per heavy atom. The van der Waals surface area contributed by atoms with Gasteiger partial charge >= 0.3 is 20.5 Å². The maximum absolute atomic E-state index is 12.2. The second-order valence-corrected chi connectivity index (χ2v) is 5.35. The summed E-state index contributed by atoms with van der Waals surface area (Å²) < 4.78 is 73.1. The van der Waals surface area contributed by atoms with Crippen LogP contribution < -0.4 is 4.89 Å². The van der Waals surface area contributed by atoms with Crippen LogP contribution in [0.1, 0.15) is 13.8 Å². The monoisotopic (exact) mass is 273 g/mol. The predicted molar refractivity (Wildman–Crippen MR) is 43.1 cm³/mol. The van der Waals surface area contributed by atoms with E-state index in [0.717, 1.165) is 4.89 Å². The average molecular weight is 273 g/mol. The Morgan fingerprint density at radius 2 is 1.67 bits per heavy atom. The normalized spacial score (nSPS) is 14.3. The maximum atomic E-state index is 12.2. The minimum atomic E-state index is -5.10. The molecule has 0 rings (SSSR count). The van der Waals surface area contributed by atoms with Crippen molar-refractivity contribution in [2.45, 2.75) is 24.4 Å². The third-order valence-electron chi connectivity index (χ3n) is 0.830. The highest BCUT2D eigenvalue weighted by atomic mass is 32.2. The molecule has 0 amide bonds. The van der Waals surface area contributed by atoms with Crippen molar-refractivity contribution in [3.63, 3.8) is 0 Å². The van der Waals surface area contributed by atoms with Gasteiger partial charge in [0.2, 0.25) is 0 Å². The van der Waals surface area contributed by atoms with E-state index in [9.17, 15) is 26.0 Å². The first-order valence-corrected chi connectivity index (χ1v) is 5.46. The van der Waals surface area contributed by atoms with Crippen molar-refractivity contribution in [2.24, 2.45) is 0 Å². The zero-order valence-electron chi connectivity index (χ0n) is 7.46. The molecule has 0 aliphatic carbocycles. The van der Waals surface area contributed by atoms with Gasteiger partial charge in [0.15, 0.2) is 0 Å². The summed E-state index contributed by atoms with van der Waals surface area (Å²) in [4.78, 5) is 4.28. The molecule has 0 saturated carbocycles. The van der Waals surface area contributed by atoms with Crippen molar-refractivity contribution < 1.29 is 35.3 Å². The lowest BCUT2D eigenvalue weighted by molar-refractivity contribution is -0.224. The summed E-state index contributed by atoms with van der Waals surface area (Å²) in [6.07, 6.45) is 0. The molecule has 0 aromatic heterocycles. The number of hydrogen-bond donors (Lipinski definition) is 1. The van der Waals surface area contributed by atoms with Gasteiger partial charge in [0.1, 0.15) is 12.0 Å². The van der Waals surface area contributed by atoms with Gasteiger partial charge in [-0.1, -0.05) is 4.89 Å². The van der Waals surface area contributed by atoms with Gasteiger partial charge in [0.25, 0.3) is 0 Å². The van der Waals surface area contributed by atoms with Crippen LogP contribution >= 0.6 is 12.0 Å². The molecule has 0 aromatic carbocycles. The van der Waals surface area contributed by atoms with Gasteiger partial charge in [-0.3, -0.25) is 0 Å². The molecule has 0 bridgehead atoms. The van der Waals surface area contributed by atoms with Crippen LogP contribution in [0.5, 0.6) is 0 Å². The second kappa shape index (κ2) is 4.82. The van der Waals surface area contributed by atoms with Crippen LogP contribution in [0.2, 0.25) is 0 Å². The Morgan fingerprint density at radius 3 is 2.00 bits per heavy atom. The van der Waals surface area contributed by atoms with E-state index in [4.69, 9.17) is 0 Å². The van der Waals surface area contributed by atoms with Crippen LogP contribution in [-0.2, 0) is 19.3 Å². The van der Waals surface area contributed by atoms with Crippen LogP contribution in [0.15, 0.2) is 0 Å². The lowest BCUT2D eigenvalue weighted by Gasteiger charge is -2.12. The minimum absolute atomic E-state index is 0.0836. The zero-order valence-corrected chi connectivity index (χ0v) is 9.09. The standard InChI is InChI=1S/C4H7F4NO4S2/c1-3(5,6)14-13-12-9-15(10,11)4(2,7)8/h9H,1-2H3. The van der Waals surface area contributed by atoms with E-state index in [2.05, 4.69) is 9.32 Å². The molecule has 0 aliphatic rings. The number of rotatable bonds is 6. The highest BCUT2D eigenvalue weighted by Gasteiger charge is 2.40. The lowest BCUT2D eigenvalue weighted by Crippen LogP contribution is -2.37. The molecule has 0 atom stereocenters. The first kappa shape index (κ1) is 14.9. The Hall–Kier alpha value is -0.100. The quantitative estimate of drug-likeness (QED) is 0.262. The summed E-state index contributed by atoms with van der Waals surface area (Å²) in [6, 6.07) is 0. The van der Waals surface area contributed by atoms with E-state index in [0.29, 0.717) is 6.92 Å². The fourth-order valence-corrected chi connectivity index (χ4v) is 0.709. The summed E-state index contributed by atoms with van der Waals surface area (Å²) in [5, 5.41) is -7.46. The van der Waals surface area contributed by atoms with Crippen LogP contribution in [0.25, 0.3) is 0 Å². The Bertz CT molecular complexity index is 295. The molecule has 0 spiro atoms. The second-order valence-electron chi connectivity index (χ2n) is 2.44. The van der Waals surface area contributed by atoms with Crippen molar-refractivity contribution in [1.29, 1.82) is 0 Å². The molecular weight excluding hydrogens is 266 g/mol. The third-order valence-corrected chi connectivity index (χ3v) is 2.49. The van der Waals surface area contributed by atoms with Crippen LogP contribution in [0, 0.1) is 0 Å².